The Kier molecular flexibility index (Phi) is 4.86. The maximum atomic E-state index is 12.7. The summed E-state index contributed by atoms with van der Waals surface area (Å²) in [4.78, 5) is 16.9. The molecular weight excluding hydrogens is 412 g/mol. The number of guanidine groups is 1. The molecule has 8 heteroatoms. The van der Waals surface area contributed by atoms with Crippen LogP contribution in [0.15, 0.2) is 76.6 Å². The molecule has 3 N–H and O–H groups in total. The van der Waals surface area contributed by atoms with Crippen LogP contribution >= 0.6 is 0 Å². The predicted molar refractivity (Wildman–Crippen MR) is 120 cm³/mol. The molecular formula is C23H22N4O3S. The third-order valence-corrected chi connectivity index (χ3v) is 7.02. The van der Waals surface area contributed by atoms with Gasteiger partial charge in [-0.1, -0.05) is 42.5 Å². The third kappa shape index (κ3) is 4.11. The number of hydrogen-bond acceptors (Lipinski definition) is 5. The molecule has 0 bridgehead atoms. The van der Waals surface area contributed by atoms with Crippen LogP contribution in [-0.4, -0.2) is 33.4 Å². The Morgan fingerprint density at radius 3 is 2.52 bits per heavy atom. The number of anilines is 1. The van der Waals surface area contributed by atoms with E-state index < -0.39 is 10.0 Å². The molecule has 158 valence electrons. The zero-order chi connectivity index (χ0) is 21.4. The largest absolute Gasteiger partial charge is 0.354 e. The first-order chi connectivity index (χ1) is 15.0. The van der Waals surface area contributed by atoms with Crippen LogP contribution < -0.4 is 15.4 Å². The van der Waals surface area contributed by atoms with Crippen LogP contribution in [0.5, 0.6) is 0 Å². The van der Waals surface area contributed by atoms with Gasteiger partial charge in [0, 0.05) is 18.2 Å². The number of nitrogens with one attached hydrogen (secondary N) is 3. The highest BCUT2D eigenvalue weighted by Gasteiger charge is 2.44. The molecule has 1 heterocycles. The first kappa shape index (κ1) is 19.6. The Hall–Kier alpha value is -3.39. The summed E-state index contributed by atoms with van der Waals surface area (Å²) in [7, 11) is -3.68. The highest BCUT2D eigenvalue weighted by atomic mass is 32.2. The summed E-state index contributed by atoms with van der Waals surface area (Å²) >= 11 is 0. The van der Waals surface area contributed by atoms with E-state index in [-0.39, 0.29) is 28.6 Å². The summed E-state index contributed by atoms with van der Waals surface area (Å²) < 4.78 is 27.4. The van der Waals surface area contributed by atoms with Gasteiger partial charge in [0.2, 0.25) is 11.9 Å². The van der Waals surface area contributed by atoms with Crippen molar-refractivity contribution in [3.8, 4) is 0 Å². The molecule has 7 nitrogen and oxygen atoms in total. The minimum absolute atomic E-state index is 0.0102. The van der Waals surface area contributed by atoms with E-state index in [2.05, 4.69) is 20.3 Å². The smallest absolute Gasteiger partial charge is 0.264 e. The van der Waals surface area contributed by atoms with E-state index in [1.54, 1.807) is 24.3 Å². The van der Waals surface area contributed by atoms with Gasteiger partial charge in [-0.25, -0.2) is 13.1 Å². The molecule has 31 heavy (non-hydrogen) atoms. The molecule has 0 radical (unpaired) electrons. The summed E-state index contributed by atoms with van der Waals surface area (Å²) in [6.07, 6.45) is 0.754. The van der Waals surface area contributed by atoms with Gasteiger partial charge >= 0.3 is 0 Å². The number of carbonyl (C=O) groups excluding carboxylic acids is 1. The maximum Gasteiger partial charge on any atom is 0.264 e. The van der Waals surface area contributed by atoms with Crippen molar-refractivity contribution in [3.63, 3.8) is 0 Å². The van der Waals surface area contributed by atoms with Gasteiger partial charge in [-0.05, 0) is 52.9 Å². The molecule has 5 rings (SSSR count). The van der Waals surface area contributed by atoms with Gasteiger partial charge in [0.05, 0.1) is 11.4 Å². The SMILES string of the molecule is O=C(Nc1ccc2ccccc2c1)[C@@H]1C[C@H]1c1ccc(S(=O)(=O)NC2=NCCN2)cc1. The molecule has 0 spiro atoms. The highest BCUT2D eigenvalue weighted by Crippen LogP contribution is 2.48. The second-order valence-corrected chi connectivity index (χ2v) is 9.51. The van der Waals surface area contributed by atoms with Gasteiger partial charge in [0.15, 0.2) is 0 Å². The lowest BCUT2D eigenvalue weighted by atomic mass is 10.1. The second-order valence-electron chi connectivity index (χ2n) is 7.83. The Morgan fingerprint density at radius 2 is 1.77 bits per heavy atom. The van der Waals surface area contributed by atoms with E-state index in [1.165, 1.54) is 0 Å². The van der Waals surface area contributed by atoms with Gasteiger partial charge in [-0.15, -0.1) is 0 Å². The molecule has 0 unspecified atom stereocenters. The van der Waals surface area contributed by atoms with Crippen molar-refractivity contribution in [2.45, 2.75) is 17.2 Å². The zero-order valence-electron chi connectivity index (χ0n) is 16.7. The number of fused-ring (bicyclic) bond motifs is 1. The highest BCUT2D eigenvalue weighted by molar-refractivity contribution is 7.90. The van der Waals surface area contributed by atoms with E-state index in [9.17, 15) is 13.2 Å². The number of aliphatic imine (C=N–C) groups is 1. The standard InChI is InChI=1S/C23H22N4O3S/c28-22(26-18-8-5-15-3-1-2-4-17(15)13-18)21-14-20(21)16-6-9-19(10-7-16)31(29,30)27-23-24-11-12-25-23/h1-10,13,20-21H,11-12,14H2,(H,26,28)(H2,24,25,27)/t20-,21+/m0/s1. The van der Waals surface area contributed by atoms with Crippen molar-refractivity contribution < 1.29 is 13.2 Å². The van der Waals surface area contributed by atoms with Crippen LogP contribution in [0.25, 0.3) is 10.8 Å². The predicted octanol–water partition coefficient (Wildman–Crippen LogP) is 2.82. The van der Waals surface area contributed by atoms with E-state index in [0.717, 1.165) is 28.4 Å². The average Bonchev–Trinajstić information content (AvgIpc) is 3.43. The first-order valence-electron chi connectivity index (χ1n) is 10.2. The third-order valence-electron chi connectivity index (χ3n) is 5.67. The quantitative estimate of drug-likeness (QED) is 0.575. The lowest BCUT2D eigenvalue weighted by Crippen LogP contribution is -2.38. The normalized spacial score (nSPS) is 20.1. The molecule has 0 aromatic heterocycles. The topological polar surface area (TPSA) is 99.7 Å². The van der Waals surface area contributed by atoms with Gasteiger partial charge < -0.3 is 10.6 Å². The number of nitrogens with zero attached hydrogens (tertiary/aromatic N) is 1. The molecule has 1 fully saturated rings. The molecule has 3 aromatic carbocycles. The zero-order valence-corrected chi connectivity index (χ0v) is 17.5. The molecule has 1 aliphatic heterocycles. The van der Waals surface area contributed by atoms with Crippen LogP contribution in [-0.2, 0) is 14.8 Å². The van der Waals surface area contributed by atoms with Gasteiger partial charge in [-0.2, -0.15) is 0 Å². The number of carbonyl (C=O) groups is 1. The molecule has 1 aliphatic carbocycles. The monoisotopic (exact) mass is 434 g/mol. The van der Waals surface area contributed by atoms with Crippen molar-refractivity contribution in [1.29, 1.82) is 0 Å². The summed E-state index contributed by atoms with van der Waals surface area (Å²) in [5.41, 5.74) is 1.75. The maximum absolute atomic E-state index is 12.7. The van der Waals surface area contributed by atoms with Gasteiger partial charge in [0.1, 0.15) is 0 Å². The molecule has 1 saturated carbocycles. The fourth-order valence-corrected chi connectivity index (χ4v) is 4.91. The summed E-state index contributed by atoms with van der Waals surface area (Å²) in [5.74, 6) is 0.260. The van der Waals surface area contributed by atoms with Crippen molar-refractivity contribution in [2.24, 2.45) is 10.9 Å². The Labute approximate surface area is 180 Å². The summed E-state index contributed by atoms with van der Waals surface area (Å²) in [6.45, 7) is 1.18. The number of rotatable bonds is 5. The van der Waals surface area contributed by atoms with E-state index in [4.69, 9.17) is 0 Å². The van der Waals surface area contributed by atoms with Gasteiger partial charge in [0.25, 0.3) is 10.0 Å². The van der Waals surface area contributed by atoms with Crippen LogP contribution in [0.4, 0.5) is 5.69 Å². The second kappa shape index (κ2) is 7.70. The lowest BCUT2D eigenvalue weighted by Gasteiger charge is -2.09. The minimum atomic E-state index is -3.68. The molecule has 2 atom stereocenters. The van der Waals surface area contributed by atoms with Crippen LogP contribution in [0, 0.1) is 5.92 Å². The van der Waals surface area contributed by atoms with Crippen molar-refractivity contribution in [3.05, 3.63) is 72.3 Å². The lowest BCUT2D eigenvalue weighted by molar-refractivity contribution is -0.117. The first-order valence-corrected chi connectivity index (χ1v) is 11.7. The van der Waals surface area contributed by atoms with E-state index in [0.29, 0.717) is 13.1 Å². The number of sulfonamides is 1. The summed E-state index contributed by atoms with van der Waals surface area (Å²) in [6, 6.07) is 20.6. The van der Waals surface area contributed by atoms with E-state index >= 15 is 0 Å². The fraction of sp³-hybridized carbons (Fsp3) is 0.217. The number of hydrogen-bond donors (Lipinski definition) is 3. The van der Waals surface area contributed by atoms with E-state index in [1.807, 2.05) is 42.5 Å². The molecule has 2 aliphatic rings. The molecule has 1 amide bonds. The Morgan fingerprint density at radius 1 is 1.00 bits per heavy atom. The van der Waals surface area contributed by atoms with Crippen molar-refractivity contribution in [1.82, 2.24) is 10.0 Å². The Bertz CT molecular complexity index is 1290. The van der Waals surface area contributed by atoms with Crippen LogP contribution in [0.2, 0.25) is 0 Å². The van der Waals surface area contributed by atoms with Crippen molar-refractivity contribution in [2.75, 3.05) is 18.4 Å². The fourth-order valence-electron chi connectivity index (χ4n) is 3.90. The van der Waals surface area contributed by atoms with Crippen molar-refractivity contribution >= 4 is 38.3 Å². The Balaban J connectivity index is 1.23. The number of amides is 1. The average molecular weight is 435 g/mol. The summed E-state index contributed by atoms with van der Waals surface area (Å²) in [5, 5.41) is 8.10. The van der Waals surface area contributed by atoms with Crippen LogP contribution in [0.3, 0.4) is 0 Å². The minimum Gasteiger partial charge on any atom is -0.354 e. The molecule has 0 saturated heterocycles. The number of benzene rings is 3. The van der Waals surface area contributed by atoms with Crippen LogP contribution in [0.1, 0.15) is 17.9 Å². The van der Waals surface area contributed by atoms with Gasteiger partial charge in [-0.3, -0.25) is 9.79 Å². The molecule has 3 aromatic rings.